The predicted octanol–water partition coefficient (Wildman–Crippen LogP) is 2.08. The molecule has 0 fully saturated rings. The fourth-order valence-corrected chi connectivity index (χ4v) is 1.06. The zero-order chi connectivity index (χ0) is 15.3. The van der Waals surface area contributed by atoms with Gasteiger partial charge >= 0.3 is 6.09 Å². The molecule has 0 aliphatic heterocycles. The van der Waals surface area contributed by atoms with Gasteiger partial charge in [-0.1, -0.05) is 13.3 Å². The molecule has 0 aromatic carbocycles. The van der Waals surface area contributed by atoms with Gasteiger partial charge in [-0.05, 0) is 47.8 Å². The smallest absolute Gasteiger partial charge is 0.410 e. The molecule has 0 spiro atoms. The van der Waals surface area contributed by atoms with Gasteiger partial charge in [-0.25, -0.2) is 4.79 Å². The van der Waals surface area contributed by atoms with Crippen molar-refractivity contribution < 1.29 is 9.53 Å². The number of rotatable bonds is 6. The molecule has 1 amide bonds. The first-order valence-corrected chi connectivity index (χ1v) is 7.01. The Kier molecular flexibility index (Phi) is 13.2. The molecule has 0 bridgehead atoms. The molecule has 0 rings (SSSR count). The molecule has 5 nitrogen and oxygen atoms in total. The Morgan fingerprint density at radius 3 is 2.00 bits per heavy atom. The molecular weight excluding hydrogens is 242 g/mol. The third-order valence-electron chi connectivity index (χ3n) is 2.18. The Labute approximate surface area is 119 Å². The number of nitrogens with one attached hydrogen (secondary N) is 2. The summed E-state index contributed by atoms with van der Waals surface area (Å²) in [5.41, 5.74) is -0.412. The lowest BCUT2D eigenvalue weighted by Gasteiger charge is -2.24. The number of likely N-dealkylation sites (N-methyl/N-ethyl adjacent to an activating group) is 2. The third kappa shape index (κ3) is 17.2. The summed E-state index contributed by atoms with van der Waals surface area (Å²) < 4.78 is 5.16. The van der Waals surface area contributed by atoms with Crippen LogP contribution in [-0.4, -0.2) is 57.4 Å². The Balaban J connectivity index is 0. The van der Waals surface area contributed by atoms with Crippen LogP contribution >= 0.6 is 0 Å². The van der Waals surface area contributed by atoms with E-state index in [9.17, 15) is 4.79 Å². The molecule has 0 saturated heterocycles. The van der Waals surface area contributed by atoms with Crippen LogP contribution in [0.5, 0.6) is 0 Å². The number of unbranched alkanes of at least 4 members (excludes halogenated alkanes) is 1. The zero-order valence-electron chi connectivity index (χ0n) is 13.8. The van der Waals surface area contributed by atoms with Gasteiger partial charge in [0.25, 0.3) is 0 Å². The second kappa shape index (κ2) is 12.2. The molecule has 116 valence electrons. The van der Waals surface area contributed by atoms with Gasteiger partial charge in [0.1, 0.15) is 5.60 Å². The molecule has 0 aromatic heterocycles. The molecule has 0 aliphatic carbocycles. The first-order valence-electron chi connectivity index (χ1n) is 7.01. The van der Waals surface area contributed by atoms with Gasteiger partial charge in [0, 0.05) is 20.1 Å². The molecule has 0 heterocycles. The topological polar surface area (TPSA) is 53.6 Å². The first kappa shape index (κ1) is 20.5. The number of ether oxygens (including phenoxy) is 1. The van der Waals surface area contributed by atoms with Crippen molar-refractivity contribution >= 4 is 6.09 Å². The van der Waals surface area contributed by atoms with Crippen LogP contribution in [0.3, 0.4) is 0 Å². The van der Waals surface area contributed by atoms with Crippen molar-refractivity contribution in [2.24, 2.45) is 0 Å². The molecule has 0 saturated carbocycles. The summed E-state index contributed by atoms with van der Waals surface area (Å²) in [6.45, 7) is 10.4. The molecule has 0 atom stereocenters. The van der Waals surface area contributed by atoms with Gasteiger partial charge in [-0.15, -0.1) is 0 Å². The van der Waals surface area contributed by atoms with E-state index < -0.39 is 5.60 Å². The number of carbonyl (C=O) groups excluding carboxylic acids is 1. The van der Waals surface area contributed by atoms with E-state index in [-0.39, 0.29) is 6.09 Å². The van der Waals surface area contributed by atoms with Gasteiger partial charge < -0.3 is 20.3 Å². The Morgan fingerprint density at radius 2 is 1.68 bits per heavy atom. The van der Waals surface area contributed by atoms with E-state index in [1.807, 2.05) is 34.9 Å². The molecular formula is C14H33N3O2. The number of carbonyl (C=O) groups is 1. The number of hydrogen-bond acceptors (Lipinski definition) is 4. The van der Waals surface area contributed by atoms with Crippen molar-refractivity contribution in [3.05, 3.63) is 0 Å². The van der Waals surface area contributed by atoms with E-state index in [1.165, 1.54) is 12.8 Å². The highest BCUT2D eigenvalue weighted by molar-refractivity contribution is 5.67. The normalized spacial score (nSPS) is 10.5. The molecule has 2 N–H and O–H groups in total. The van der Waals surface area contributed by atoms with Gasteiger partial charge in [-0.3, -0.25) is 0 Å². The van der Waals surface area contributed by atoms with Crippen LogP contribution in [-0.2, 0) is 4.74 Å². The average Bonchev–Trinajstić information content (AvgIpc) is 2.32. The SMILES string of the molecule is CCCCNC.CNCCN(C)C(=O)OC(C)(C)C. The van der Waals surface area contributed by atoms with E-state index in [0.29, 0.717) is 6.54 Å². The fraction of sp³-hybridized carbons (Fsp3) is 0.929. The van der Waals surface area contributed by atoms with E-state index in [2.05, 4.69) is 17.6 Å². The van der Waals surface area contributed by atoms with Crippen LogP contribution in [0.2, 0.25) is 0 Å². The van der Waals surface area contributed by atoms with Crippen molar-refractivity contribution in [2.45, 2.75) is 46.1 Å². The molecule has 5 heteroatoms. The van der Waals surface area contributed by atoms with E-state index in [4.69, 9.17) is 4.74 Å². The minimum atomic E-state index is -0.412. The lowest BCUT2D eigenvalue weighted by molar-refractivity contribution is 0.0301. The van der Waals surface area contributed by atoms with Crippen molar-refractivity contribution in [3.8, 4) is 0 Å². The lowest BCUT2D eigenvalue weighted by Crippen LogP contribution is -2.37. The average molecular weight is 275 g/mol. The lowest BCUT2D eigenvalue weighted by atomic mass is 10.2. The van der Waals surface area contributed by atoms with Gasteiger partial charge in [0.15, 0.2) is 0 Å². The van der Waals surface area contributed by atoms with Crippen LogP contribution < -0.4 is 10.6 Å². The summed E-state index contributed by atoms with van der Waals surface area (Å²) >= 11 is 0. The van der Waals surface area contributed by atoms with Crippen LogP contribution in [0, 0.1) is 0 Å². The minimum absolute atomic E-state index is 0.275. The number of hydrogen-bond donors (Lipinski definition) is 2. The van der Waals surface area contributed by atoms with Gasteiger partial charge in [-0.2, -0.15) is 0 Å². The highest BCUT2D eigenvalue weighted by Crippen LogP contribution is 2.08. The Bertz CT molecular complexity index is 211. The van der Waals surface area contributed by atoms with Crippen LogP contribution in [0.4, 0.5) is 4.79 Å². The quantitative estimate of drug-likeness (QED) is 0.729. The van der Waals surface area contributed by atoms with Crippen LogP contribution in [0.1, 0.15) is 40.5 Å². The predicted molar refractivity (Wildman–Crippen MR) is 81.6 cm³/mol. The standard InChI is InChI=1S/C9H20N2O2.C5H13N/c1-9(2,3)13-8(12)11(5)7-6-10-4;1-3-4-5-6-2/h10H,6-7H2,1-5H3;6H,3-5H2,1-2H3. The van der Waals surface area contributed by atoms with Crippen LogP contribution in [0.15, 0.2) is 0 Å². The monoisotopic (exact) mass is 275 g/mol. The molecule has 0 aromatic rings. The summed E-state index contributed by atoms with van der Waals surface area (Å²) in [5.74, 6) is 0. The maximum absolute atomic E-state index is 11.3. The molecule has 0 aliphatic rings. The minimum Gasteiger partial charge on any atom is -0.444 e. The van der Waals surface area contributed by atoms with Crippen molar-refractivity contribution in [3.63, 3.8) is 0 Å². The Hall–Kier alpha value is -0.810. The third-order valence-corrected chi connectivity index (χ3v) is 2.18. The maximum atomic E-state index is 11.3. The molecule has 19 heavy (non-hydrogen) atoms. The fourth-order valence-electron chi connectivity index (χ4n) is 1.06. The maximum Gasteiger partial charge on any atom is 0.410 e. The number of nitrogens with zero attached hydrogens (tertiary/aromatic N) is 1. The zero-order valence-corrected chi connectivity index (χ0v) is 13.8. The summed E-state index contributed by atoms with van der Waals surface area (Å²) in [7, 11) is 5.56. The highest BCUT2D eigenvalue weighted by atomic mass is 16.6. The molecule has 0 unspecified atom stereocenters. The summed E-state index contributed by atoms with van der Waals surface area (Å²) in [4.78, 5) is 12.9. The highest BCUT2D eigenvalue weighted by Gasteiger charge is 2.18. The van der Waals surface area contributed by atoms with Gasteiger partial charge in [0.05, 0.1) is 0 Å². The van der Waals surface area contributed by atoms with Crippen LogP contribution in [0.25, 0.3) is 0 Å². The Morgan fingerprint density at radius 1 is 1.16 bits per heavy atom. The summed E-state index contributed by atoms with van der Waals surface area (Å²) in [6.07, 6.45) is 2.32. The second-order valence-electron chi connectivity index (χ2n) is 5.46. The van der Waals surface area contributed by atoms with Crippen molar-refractivity contribution in [2.75, 3.05) is 40.8 Å². The van der Waals surface area contributed by atoms with E-state index in [1.54, 1.807) is 11.9 Å². The summed E-state index contributed by atoms with van der Waals surface area (Å²) in [5, 5.41) is 6.04. The van der Waals surface area contributed by atoms with Gasteiger partial charge in [0.2, 0.25) is 0 Å². The second-order valence-corrected chi connectivity index (χ2v) is 5.46. The first-order chi connectivity index (χ1) is 8.78. The molecule has 0 radical (unpaired) electrons. The summed E-state index contributed by atoms with van der Waals surface area (Å²) in [6, 6.07) is 0. The largest absolute Gasteiger partial charge is 0.444 e. The van der Waals surface area contributed by atoms with E-state index >= 15 is 0 Å². The number of amides is 1. The van der Waals surface area contributed by atoms with Crippen molar-refractivity contribution in [1.29, 1.82) is 0 Å². The van der Waals surface area contributed by atoms with Crippen molar-refractivity contribution in [1.82, 2.24) is 15.5 Å². The van der Waals surface area contributed by atoms with E-state index in [0.717, 1.165) is 13.1 Å².